The molecule has 1 aromatic heterocycles. The molecule has 60 valence electrons. The predicted molar refractivity (Wildman–Crippen MR) is 36.4 cm³/mol. The smallest absolute Gasteiger partial charge is 0.350 e. The summed E-state index contributed by atoms with van der Waals surface area (Å²) in [7, 11) is 2.94. The second-order valence-electron chi connectivity index (χ2n) is 1.92. The van der Waals surface area contributed by atoms with Gasteiger partial charge in [-0.05, 0) is 0 Å². The van der Waals surface area contributed by atoms with E-state index in [1.54, 1.807) is 7.05 Å². The Morgan fingerprint density at radius 1 is 1.82 bits per heavy atom. The van der Waals surface area contributed by atoms with E-state index in [1.165, 1.54) is 11.8 Å². The van der Waals surface area contributed by atoms with Crippen LogP contribution >= 0.6 is 0 Å². The second kappa shape index (κ2) is 2.57. The van der Waals surface area contributed by atoms with Crippen molar-refractivity contribution >= 4 is 5.69 Å². The van der Waals surface area contributed by atoms with E-state index in [9.17, 15) is 10.1 Å². The summed E-state index contributed by atoms with van der Waals surface area (Å²) >= 11 is 0. The topological polar surface area (TPSA) is 70.2 Å². The van der Waals surface area contributed by atoms with E-state index in [0.29, 0.717) is 0 Å². The van der Waals surface area contributed by atoms with E-state index in [0.717, 1.165) is 6.20 Å². The maximum absolute atomic E-state index is 10.3. The number of nitrogens with zero attached hydrogens (tertiary/aromatic N) is 3. The SMILES string of the molecule is COc1c([N+](=O)[O-])cnn1C. The summed E-state index contributed by atoms with van der Waals surface area (Å²) in [5, 5.41) is 13.9. The van der Waals surface area contributed by atoms with Gasteiger partial charge in [0.15, 0.2) is 0 Å². The molecule has 0 unspecified atom stereocenters. The van der Waals surface area contributed by atoms with Gasteiger partial charge in [-0.1, -0.05) is 0 Å². The van der Waals surface area contributed by atoms with Crippen LogP contribution < -0.4 is 4.74 Å². The van der Waals surface area contributed by atoms with Gasteiger partial charge in [-0.2, -0.15) is 5.10 Å². The fraction of sp³-hybridized carbons (Fsp3) is 0.400. The van der Waals surface area contributed by atoms with Crippen LogP contribution in [0.25, 0.3) is 0 Å². The molecule has 0 aliphatic carbocycles. The first-order chi connectivity index (χ1) is 5.16. The highest BCUT2D eigenvalue weighted by Crippen LogP contribution is 2.23. The van der Waals surface area contributed by atoms with E-state index >= 15 is 0 Å². The lowest BCUT2D eigenvalue weighted by molar-refractivity contribution is -0.385. The zero-order valence-corrected chi connectivity index (χ0v) is 6.14. The Labute approximate surface area is 62.5 Å². The lowest BCUT2D eigenvalue weighted by Gasteiger charge is -1.96. The second-order valence-corrected chi connectivity index (χ2v) is 1.92. The van der Waals surface area contributed by atoms with Gasteiger partial charge in [-0.25, -0.2) is 4.68 Å². The average Bonchev–Trinajstić information content (AvgIpc) is 2.30. The normalized spacial score (nSPS) is 9.64. The maximum atomic E-state index is 10.3. The molecule has 0 aliphatic heterocycles. The molecule has 6 heteroatoms. The van der Waals surface area contributed by atoms with Crippen LogP contribution in [-0.4, -0.2) is 21.8 Å². The zero-order chi connectivity index (χ0) is 8.43. The molecule has 0 atom stereocenters. The van der Waals surface area contributed by atoms with Crippen LogP contribution in [0.2, 0.25) is 0 Å². The molecule has 6 nitrogen and oxygen atoms in total. The number of hydrogen-bond donors (Lipinski definition) is 0. The Bertz CT molecular complexity index is 281. The van der Waals surface area contributed by atoms with Gasteiger partial charge >= 0.3 is 5.69 Å². The van der Waals surface area contributed by atoms with Crippen LogP contribution in [0.1, 0.15) is 0 Å². The lowest BCUT2D eigenvalue weighted by Crippen LogP contribution is -1.97. The summed E-state index contributed by atoms with van der Waals surface area (Å²) in [6.07, 6.45) is 1.15. The first-order valence-corrected chi connectivity index (χ1v) is 2.87. The number of aryl methyl sites for hydroxylation is 1. The third-order valence-electron chi connectivity index (χ3n) is 1.26. The first-order valence-electron chi connectivity index (χ1n) is 2.87. The van der Waals surface area contributed by atoms with E-state index in [2.05, 4.69) is 5.10 Å². The van der Waals surface area contributed by atoms with Gasteiger partial charge < -0.3 is 4.74 Å². The summed E-state index contributed by atoms with van der Waals surface area (Å²) < 4.78 is 6.04. The molecule has 0 spiro atoms. The summed E-state index contributed by atoms with van der Waals surface area (Å²) in [5.41, 5.74) is -0.116. The molecular formula is C5H7N3O3. The summed E-state index contributed by atoms with van der Waals surface area (Å²) in [6.45, 7) is 0. The highest BCUT2D eigenvalue weighted by molar-refractivity contribution is 5.38. The fourth-order valence-electron chi connectivity index (χ4n) is 0.777. The van der Waals surface area contributed by atoms with Crippen molar-refractivity contribution in [2.75, 3.05) is 7.11 Å². The molecule has 0 radical (unpaired) electrons. The summed E-state index contributed by atoms with van der Waals surface area (Å²) in [5.74, 6) is 0.162. The Hall–Kier alpha value is -1.59. The minimum absolute atomic E-state index is 0.116. The van der Waals surface area contributed by atoms with Gasteiger partial charge in [-0.3, -0.25) is 10.1 Å². The van der Waals surface area contributed by atoms with Crippen molar-refractivity contribution in [1.29, 1.82) is 0 Å². The molecule has 0 aromatic carbocycles. The quantitative estimate of drug-likeness (QED) is 0.458. The number of nitro groups is 1. The molecule has 0 bridgehead atoms. The van der Waals surface area contributed by atoms with Gasteiger partial charge in [0.1, 0.15) is 6.20 Å². The number of aromatic nitrogens is 2. The Kier molecular flexibility index (Phi) is 1.75. The highest BCUT2D eigenvalue weighted by atomic mass is 16.6. The predicted octanol–water partition coefficient (Wildman–Crippen LogP) is 0.337. The van der Waals surface area contributed by atoms with Gasteiger partial charge in [0, 0.05) is 7.05 Å². The maximum Gasteiger partial charge on any atom is 0.350 e. The van der Waals surface area contributed by atoms with Crippen molar-refractivity contribution in [2.45, 2.75) is 0 Å². The molecule has 0 saturated carbocycles. The Morgan fingerprint density at radius 2 is 2.45 bits per heavy atom. The standard InChI is InChI=1S/C5H7N3O3/c1-7-5(11-2)4(3-6-7)8(9)10/h3H,1-2H3. The zero-order valence-electron chi connectivity index (χ0n) is 6.14. The summed E-state index contributed by atoms with van der Waals surface area (Å²) in [4.78, 5) is 9.73. The largest absolute Gasteiger partial charge is 0.476 e. The van der Waals surface area contributed by atoms with Gasteiger partial charge in [0.2, 0.25) is 0 Å². The lowest BCUT2D eigenvalue weighted by atomic mass is 10.6. The molecule has 0 saturated heterocycles. The first kappa shape index (κ1) is 7.52. The van der Waals surface area contributed by atoms with E-state index < -0.39 is 4.92 Å². The van der Waals surface area contributed by atoms with Crippen molar-refractivity contribution < 1.29 is 9.66 Å². The summed E-state index contributed by atoms with van der Waals surface area (Å²) in [6, 6.07) is 0. The van der Waals surface area contributed by atoms with Crippen LogP contribution in [-0.2, 0) is 7.05 Å². The molecule has 0 aliphatic rings. The van der Waals surface area contributed by atoms with Crippen molar-refractivity contribution in [3.8, 4) is 5.88 Å². The molecule has 11 heavy (non-hydrogen) atoms. The van der Waals surface area contributed by atoms with Crippen LogP contribution in [0.5, 0.6) is 5.88 Å². The van der Waals surface area contributed by atoms with Crippen LogP contribution in [0, 0.1) is 10.1 Å². The fourth-order valence-corrected chi connectivity index (χ4v) is 0.777. The average molecular weight is 157 g/mol. The molecule has 0 amide bonds. The molecule has 1 heterocycles. The van der Waals surface area contributed by atoms with E-state index in [4.69, 9.17) is 4.74 Å². The molecule has 0 fully saturated rings. The number of hydrogen-bond acceptors (Lipinski definition) is 4. The molecule has 1 rings (SSSR count). The van der Waals surface area contributed by atoms with Gasteiger partial charge in [-0.15, -0.1) is 0 Å². The molecular weight excluding hydrogens is 150 g/mol. The number of rotatable bonds is 2. The van der Waals surface area contributed by atoms with E-state index in [1.807, 2.05) is 0 Å². The Balaban J connectivity index is 3.15. The van der Waals surface area contributed by atoms with Crippen molar-refractivity contribution in [1.82, 2.24) is 9.78 Å². The molecule has 0 N–H and O–H groups in total. The van der Waals surface area contributed by atoms with Gasteiger partial charge in [0.25, 0.3) is 5.88 Å². The Morgan fingerprint density at radius 3 is 2.82 bits per heavy atom. The van der Waals surface area contributed by atoms with Gasteiger partial charge in [0.05, 0.1) is 12.0 Å². The third-order valence-corrected chi connectivity index (χ3v) is 1.26. The van der Waals surface area contributed by atoms with Crippen molar-refractivity contribution in [3.05, 3.63) is 16.3 Å². The van der Waals surface area contributed by atoms with Crippen LogP contribution in [0.15, 0.2) is 6.20 Å². The third kappa shape index (κ3) is 1.14. The minimum atomic E-state index is -0.536. The van der Waals surface area contributed by atoms with E-state index in [-0.39, 0.29) is 11.6 Å². The monoisotopic (exact) mass is 157 g/mol. The number of ether oxygens (including phenoxy) is 1. The minimum Gasteiger partial charge on any atom is -0.476 e. The molecule has 1 aromatic rings. The van der Waals surface area contributed by atoms with Crippen molar-refractivity contribution in [3.63, 3.8) is 0 Å². The number of methoxy groups -OCH3 is 1. The van der Waals surface area contributed by atoms with Crippen LogP contribution in [0.3, 0.4) is 0 Å². The van der Waals surface area contributed by atoms with Crippen LogP contribution in [0.4, 0.5) is 5.69 Å². The highest BCUT2D eigenvalue weighted by Gasteiger charge is 2.18. The van der Waals surface area contributed by atoms with Crippen molar-refractivity contribution in [2.24, 2.45) is 7.05 Å².